The van der Waals surface area contributed by atoms with Gasteiger partial charge in [-0.05, 0) is 36.9 Å². The summed E-state index contributed by atoms with van der Waals surface area (Å²) in [5.41, 5.74) is 0.257. The number of hydrogen-bond acceptors (Lipinski definition) is 3. The zero-order valence-corrected chi connectivity index (χ0v) is 10.9. The summed E-state index contributed by atoms with van der Waals surface area (Å²) < 4.78 is 50.2. The average Bonchev–Trinajstić information content (AvgIpc) is 2.32. The van der Waals surface area contributed by atoms with E-state index < -0.39 is 26.4 Å². The molecule has 0 saturated carbocycles. The molecule has 2 rings (SSSR count). The largest absolute Gasteiger partial charge is 0.316 e. The lowest BCUT2D eigenvalue weighted by Gasteiger charge is -2.23. The molecule has 0 bridgehead atoms. The van der Waals surface area contributed by atoms with Crippen molar-refractivity contribution in [3.63, 3.8) is 0 Å². The molecule has 0 amide bonds. The van der Waals surface area contributed by atoms with Gasteiger partial charge in [-0.15, -0.1) is 0 Å². The molecule has 100 valence electrons. The van der Waals surface area contributed by atoms with Crippen LogP contribution in [0.25, 0.3) is 0 Å². The minimum absolute atomic E-state index is 0.0955. The Morgan fingerprint density at radius 1 is 1.28 bits per heavy atom. The first-order chi connectivity index (χ1) is 8.41. The van der Waals surface area contributed by atoms with Crippen LogP contribution in [0.4, 0.5) is 8.78 Å². The third-order valence-electron chi connectivity index (χ3n) is 3.21. The lowest BCUT2D eigenvalue weighted by molar-refractivity contribution is 0.424. The number of hydrogen-bond donors (Lipinski definition) is 1. The van der Waals surface area contributed by atoms with Gasteiger partial charge in [0.05, 0.1) is 0 Å². The van der Waals surface area contributed by atoms with E-state index in [1.807, 2.05) is 0 Å². The minimum Gasteiger partial charge on any atom is -0.316 e. The Bertz CT molecular complexity index is 551. The van der Waals surface area contributed by atoms with Crippen molar-refractivity contribution in [3.8, 4) is 0 Å². The maximum atomic E-state index is 13.9. The fraction of sp³-hybridized carbons (Fsp3) is 0.500. The molecular formula is C12H15F2NO2S. The zero-order chi connectivity index (χ0) is 13.3. The number of benzene rings is 1. The van der Waals surface area contributed by atoms with Crippen LogP contribution in [0.2, 0.25) is 0 Å². The molecule has 1 heterocycles. The van der Waals surface area contributed by atoms with Crippen molar-refractivity contribution < 1.29 is 17.2 Å². The van der Waals surface area contributed by atoms with Gasteiger partial charge in [0.2, 0.25) is 0 Å². The summed E-state index contributed by atoms with van der Waals surface area (Å²) >= 11 is 0. The first-order valence-electron chi connectivity index (χ1n) is 5.80. The normalized spacial score (nSPS) is 20.9. The molecule has 1 aliphatic heterocycles. The number of rotatable bonds is 2. The highest BCUT2D eigenvalue weighted by Gasteiger charge is 2.25. The number of halogens is 2. The van der Waals surface area contributed by atoms with Crippen LogP contribution in [-0.4, -0.2) is 27.8 Å². The monoisotopic (exact) mass is 275 g/mol. The van der Waals surface area contributed by atoms with Crippen LogP contribution in [0.5, 0.6) is 0 Å². The molecule has 18 heavy (non-hydrogen) atoms. The molecule has 6 heteroatoms. The molecule has 1 saturated heterocycles. The summed E-state index contributed by atoms with van der Waals surface area (Å²) in [5.74, 6) is -2.39. The molecule has 1 atom stereocenters. The van der Waals surface area contributed by atoms with E-state index in [1.54, 1.807) is 0 Å². The van der Waals surface area contributed by atoms with Crippen molar-refractivity contribution in [1.82, 2.24) is 5.32 Å². The molecule has 0 radical (unpaired) electrons. The Hall–Kier alpha value is -1.01. The van der Waals surface area contributed by atoms with Gasteiger partial charge in [-0.2, -0.15) is 0 Å². The van der Waals surface area contributed by atoms with E-state index in [0.29, 0.717) is 6.54 Å². The van der Waals surface area contributed by atoms with Crippen molar-refractivity contribution in [3.05, 3.63) is 29.3 Å². The predicted octanol–water partition coefficient (Wildman–Crippen LogP) is 1.84. The topological polar surface area (TPSA) is 46.2 Å². The van der Waals surface area contributed by atoms with Gasteiger partial charge in [0.1, 0.15) is 4.90 Å². The second-order valence-corrected chi connectivity index (χ2v) is 6.58. The summed E-state index contributed by atoms with van der Waals surface area (Å²) in [6.07, 6.45) is 2.55. The van der Waals surface area contributed by atoms with Crippen molar-refractivity contribution in [2.24, 2.45) is 0 Å². The predicted molar refractivity (Wildman–Crippen MR) is 64.3 cm³/mol. The van der Waals surface area contributed by atoms with E-state index in [9.17, 15) is 17.2 Å². The minimum atomic E-state index is -3.73. The third-order valence-corrected chi connectivity index (χ3v) is 4.33. The molecule has 1 aliphatic rings. The van der Waals surface area contributed by atoms with Gasteiger partial charge >= 0.3 is 0 Å². The molecule has 1 unspecified atom stereocenters. The van der Waals surface area contributed by atoms with Gasteiger partial charge in [-0.25, -0.2) is 17.2 Å². The maximum Gasteiger partial charge on any atom is 0.178 e. The summed E-state index contributed by atoms with van der Waals surface area (Å²) in [6, 6.07) is 2.53. The second kappa shape index (κ2) is 4.93. The third kappa shape index (κ3) is 2.54. The van der Waals surface area contributed by atoms with E-state index in [2.05, 4.69) is 5.32 Å². The van der Waals surface area contributed by atoms with Gasteiger partial charge in [0.15, 0.2) is 21.5 Å². The molecule has 1 aromatic rings. The highest BCUT2D eigenvalue weighted by atomic mass is 32.2. The number of sulfone groups is 1. The number of nitrogens with one attached hydrogen (secondary N) is 1. The van der Waals surface area contributed by atoms with E-state index >= 15 is 0 Å². The quantitative estimate of drug-likeness (QED) is 0.895. The average molecular weight is 275 g/mol. The Labute approximate surface area is 105 Å². The smallest absolute Gasteiger partial charge is 0.178 e. The summed E-state index contributed by atoms with van der Waals surface area (Å²) in [6.45, 7) is 1.47. The zero-order valence-electron chi connectivity index (χ0n) is 10.0. The molecule has 0 spiro atoms. The van der Waals surface area contributed by atoms with Crippen molar-refractivity contribution >= 4 is 9.84 Å². The van der Waals surface area contributed by atoms with Gasteiger partial charge in [-0.1, -0.05) is 6.07 Å². The van der Waals surface area contributed by atoms with E-state index in [1.165, 1.54) is 6.07 Å². The van der Waals surface area contributed by atoms with E-state index in [0.717, 1.165) is 31.7 Å². The Balaban J connectivity index is 2.43. The van der Waals surface area contributed by atoms with Gasteiger partial charge in [-0.3, -0.25) is 0 Å². The summed E-state index contributed by atoms with van der Waals surface area (Å²) in [4.78, 5) is -0.576. The second-order valence-electron chi connectivity index (χ2n) is 4.60. The summed E-state index contributed by atoms with van der Waals surface area (Å²) in [7, 11) is -3.73. The Morgan fingerprint density at radius 3 is 2.56 bits per heavy atom. The molecule has 1 N–H and O–H groups in total. The molecule has 1 fully saturated rings. The van der Waals surface area contributed by atoms with Crippen LogP contribution in [0.15, 0.2) is 17.0 Å². The van der Waals surface area contributed by atoms with Crippen molar-refractivity contribution in [1.29, 1.82) is 0 Å². The molecule has 0 aromatic heterocycles. The van der Waals surface area contributed by atoms with Crippen LogP contribution in [0.1, 0.15) is 24.3 Å². The highest BCUT2D eigenvalue weighted by Crippen LogP contribution is 2.29. The fourth-order valence-corrected chi connectivity index (χ4v) is 3.00. The molecular weight excluding hydrogens is 260 g/mol. The van der Waals surface area contributed by atoms with Crippen LogP contribution in [0, 0.1) is 11.6 Å². The molecule has 0 aliphatic carbocycles. The lowest BCUT2D eigenvalue weighted by Crippen LogP contribution is -2.29. The Kier molecular flexibility index (Phi) is 3.68. The number of piperidine rings is 1. The van der Waals surface area contributed by atoms with E-state index in [4.69, 9.17) is 0 Å². The highest BCUT2D eigenvalue weighted by molar-refractivity contribution is 7.90. The van der Waals surface area contributed by atoms with Crippen LogP contribution < -0.4 is 5.32 Å². The van der Waals surface area contributed by atoms with Crippen molar-refractivity contribution in [2.45, 2.75) is 23.7 Å². The lowest BCUT2D eigenvalue weighted by atomic mass is 9.91. The van der Waals surface area contributed by atoms with Gasteiger partial charge in [0, 0.05) is 12.8 Å². The maximum absolute atomic E-state index is 13.9. The van der Waals surface area contributed by atoms with Crippen LogP contribution in [-0.2, 0) is 9.84 Å². The Morgan fingerprint density at radius 2 is 2.00 bits per heavy atom. The first-order valence-corrected chi connectivity index (χ1v) is 7.69. The van der Waals surface area contributed by atoms with Crippen molar-refractivity contribution in [2.75, 3.05) is 19.3 Å². The standard InChI is InChI=1S/C12H15F2NO2S/c1-18(16,17)10-5-4-9(11(13)12(10)14)8-3-2-6-15-7-8/h4-5,8,15H,2-3,6-7H2,1H3. The fourth-order valence-electron chi connectivity index (χ4n) is 2.27. The van der Waals surface area contributed by atoms with Gasteiger partial charge < -0.3 is 5.32 Å². The molecule has 1 aromatic carbocycles. The van der Waals surface area contributed by atoms with Gasteiger partial charge in [0.25, 0.3) is 0 Å². The summed E-state index contributed by atoms with van der Waals surface area (Å²) in [5, 5.41) is 3.12. The van der Waals surface area contributed by atoms with E-state index in [-0.39, 0.29) is 11.5 Å². The first kappa shape index (κ1) is 13.4. The SMILES string of the molecule is CS(=O)(=O)c1ccc(C2CCCNC2)c(F)c1F. The van der Waals surface area contributed by atoms with Crippen LogP contribution in [0.3, 0.4) is 0 Å². The molecule has 3 nitrogen and oxygen atoms in total. The van der Waals surface area contributed by atoms with Crippen LogP contribution >= 0.6 is 0 Å².